The molecule has 1 aromatic carbocycles. The van der Waals surface area contributed by atoms with E-state index in [9.17, 15) is 26.7 Å². The standard InChI is InChI=1S/C24H21F5N6O2/c1-11-33-34-21(37-11)23-7-13(12-2-3-12)4-15(8-23)35(23)22(36)32-19-5-16(20-30-9-14(25)10-31-20)17(6-18(19)26)24(27,28)29/h5-6,9-10,12-13,15H,2-4,7-8H2,1H3,(H,32,36). The summed E-state index contributed by atoms with van der Waals surface area (Å²) in [6.45, 7) is 1.64. The number of aromatic nitrogens is 4. The maximum Gasteiger partial charge on any atom is 0.417 e. The van der Waals surface area contributed by atoms with Crippen LogP contribution in [0.15, 0.2) is 28.9 Å². The molecule has 4 fully saturated rings. The van der Waals surface area contributed by atoms with E-state index in [0.717, 1.165) is 25.3 Å². The van der Waals surface area contributed by atoms with Crippen molar-refractivity contribution in [3.63, 3.8) is 0 Å². The first-order chi connectivity index (χ1) is 17.5. The number of piperidine rings is 1. The Kier molecular flexibility index (Phi) is 5.25. The summed E-state index contributed by atoms with van der Waals surface area (Å²) in [5, 5.41) is 10.5. The molecule has 3 aromatic rings. The number of rotatable bonds is 4. The number of hydrogen-bond acceptors (Lipinski definition) is 6. The predicted molar refractivity (Wildman–Crippen MR) is 118 cm³/mol. The molecule has 2 bridgehead atoms. The van der Waals surface area contributed by atoms with Crippen molar-refractivity contribution in [2.24, 2.45) is 11.8 Å². The topological polar surface area (TPSA) is 97.0 Å². The Bertz CT molecular complexity index is 1370. The van der Waals surface area contributed by atoms with Crippen LogP contribution < -0.4 is 5.32 Å². The van der Waals surface area contributed by atoms with Crippen LogP contribution in [0.1, 0.15) is 49.4 Å². The number of nitrogens with one attached hydrogen (secondary N) is 1. The van der Waals surface area contributed by atoms with E-state index in [-0.39, 0.29) is 12.1 Å². The molecule has 37 heavy (non-hydrogen) atoms. The first kappa shape index (κ1) is 23.7. The van der Waals surface area contributed by atoms with E-state index < -0.39 is 52.0 Å². The largest absolute Gasteiger partial charge is 0.423 e. The number of aryl methyl sites for hydroxylation is 1. The lowest BCUT2D eigenvalue weighted by Gasteiger charge is -2.61. The van der Waals surface area contributed by atoms with Crippen LogP contribution in [-0.4, -0.2) is 37.1 Å². The van der Waals surface area contributed by atoms with Crippen LogP contribution in [0, 0.1) is 30.4 Å². The molecule has 0 spiro atoms. The zero-order valence-electron chi connectivity index (χ0n) is 19.5. The molecule has 2 aromatic heterocycles. The molecule has 13 heteroatoms. The molecule has 2 saturated carbocycles. The molecule has 2 aliphatic carbocycles. The zero-order chi connectivity index (χ0) is 26.1. The van der Waals surface area contributed by atoms with Crippen molar-refractivity contribution in [2.45, 2.75) is 56.8 Å². The van der Waals surface area contributed by atoms with Crippen molar-refractivity contribution in [1.29, 1.82) is 0 Å². The fourth-order valence-electron chi connectivity index (χ4n) is 5.82. The molecule has 2 aliphatic heterocycles. The lowest BCUT2D eigenvalue weighted by atomic mass is 9.62. The molecular weight excluding hydrogens is 499 g/mol. The van der Waals surface area contributed by atoms with Gasteiger partial charge in [0, 0.05) is 24.9 Å². The summed E-state index contributed by atoms with van der Waals surface area (Å²) in [7, 11) is 0. The SMILES string of the molecule is Cc1nnc(C23CC(C4CC4)CC(C2)N3C(=O)Nc2cc(-c3ncc(F)cn3)c(C(F)(F)F)cc2F)o1. The van der Waals surface area contributed by atoms with Gasteiger partial charge in [0.2, 0.25) is 11.8 Å². The van der Waals surface area contributed by atoms with E-state index in [1.54, 1.807) is 11.8 Å². The van der Waals surface area contributed by atoms with E-state index in [2.05, 4.69) is 25.5 Å². The molecule has 0 radical (unpaired) electrons. The van der Waals surface area contributed by atoms with Gasteiger partial charge >= 0.3 is 12.2 Å². The number of carbonyl (C=O) groups is 1. The molecule has 2 saturated heterocycles. The van der Waals surface area contributed by atoms with E-state index in [0.29, 0.717) is 48.9 Å². The predicted octanol–water partition coefficient (Wildman–Crippen LogP) is 5.45. The minimum absolute atomic E-state index is 0.149. The summed E-state index contributed by atoms with van der Waals surface area (Å²) in [6.07, 6.45) is 0.735. The summed E-state index contributed by atoms with van der Waals surface area (Å²) in [4.78, 5) is 22.2. The molecule has 4 aliphatic rings. The number of alkyl halides is 3. The van der Waals surface area contributed by atoms with E-state index in [4.69, 9.17) is 4.42 Å². The minimum Gasteiger partial charge on any atom is -0.423 e. The van der Waals surface area contributed by atoms with Crippen LogP contribution in [0.3, 0.4) is 0 Å². The number of nitrogens with zero attached hydrogens (tertiary/aromatic N) is 5. The number of carbonyl (C=O) groups excluding carboxylic acids is 1. The van der Waals surface area contributed by atoms with Gasteiger partial charge in [0.05, 0.1) is 23.6 Å². The van der Waals surface area contributed by atoms with Gasteiger partial charge in [-0.15, -0.1) is 10.2 Å². The van der Waals surface area contributed by atoms with Gasteiger partial charge < -0.3 is 14.6 Å². The van der Waals surface area contributed by atoms with Crippen molar-refractivity contribution >= 4 is 11.7 Å². The molecule has 3 unspecified atom stereocenters. The normalized spacial score (nSPS) is 25.1. The second-order valence-electron chi connectivity index (χ2n) is 9.95. The summed E-state index contributed by atoms with van der Waals surface area (Å²) in [6, 6.07) is 0.250. The lowest BCUT2D eigenvalue weighted by molar-refractivity contribution is -0.137. The fraction of sp³-hybridized carbons (Fsp3) is 0.458. The Hall–Kier alpha value is -3.64. The number of hydrogen-bond donors (Lipinski definition) is 1. The van der Waals surface area contributed by atoms with Gasteiger partial charge in [-0.1, -0.05) is 0 Å². The van der Waals surface area contributed by atoms with Gasteiger partial charge in [0.25, 0.3) is 0 Å². The number of fused-ring (bicyclic) bond motifs is 2. The Balaban J connectivity index is 1.34. The highest BCUT2D eigenvalue weighted by molar-refractivity contribution is 5.92. The molecule has 1 N–H and O–H groups in total. The average molecular weight is 520 g/mol. The van der Waals surface area contributed by atoms with Crippen LogP contribution in [0.5, 0.6) is 0 Å². The van der Waals surface area contributed by atoms with Gasteiger partial charge in [-0.05, 0) is 49.7 Å². The van der Waals surface area contributed by atoms with Crippen molar-refractivity contribution in [3.8, 4) is 11.4 Å². The first-order valence-electron chi connectivity index (χ1n) is 11.8. The molecule has 3 atom stereocenters. The van der Waals surface area contributed by atoms with Gasteiger partial charge in [0.1, 0.15) is 11.4 Å². The Morgan fingerprint density at radius 3 is 2.46 bits per heavy atom. The van der Waals surface area contributed by atoms with Gasteiger partial charge in [0.15, 0.2) is 11.6 Å². The monoisotopic (exact) mass is 520 g/mol. The third-order valence-corrected chi connectivity index (χ3v) is 7.52. The maximum atomic E-state index is 14.9. The lowest BCUT2D eigenvalue weighted by Crippen LogP contribution is -2.70. The number of amides is 2. The first-order valence-corrected chi connectivity index (χ1v) is 11.8. The van der Waals surface area contributed by atoms with Crippen LogP contribution >= 0.6 is 0 Å². The van der Waals surface area contributed by atoms with E-state index >= 15 is 0 Å². The molecule has 4 heterocycles. The molecular formula is C24H21F5N6O2. The zero-order valence-corrected chi connectivity index (χ0v) is 19.5. The fourth-order valence-corrected chi connectivity index (χ4v) is 5.82. The second-order valence-corrected chi connectivity index (χ2v) is 9.95. The van der Waals surface area contributed by atoms with Crippen LogP contribution in [0.4, 0.5) is 32.4 Å². The summed E-state index contributed by atoms with van der Waals surface area (Å²) in [5.41, 5.74) is -3.28. The second kappa shape index (κ2) is 8.18. The number of urea groups is 1. The van der Waals surface area contributed by atoms with Crippen LogP contribution in [-0.2, 0) is 11.7 Å². The molecule has 194 valence electrons. The van der Waals surface area contributed by atoms with Gasteiger partial charge in [-0.25, -0.2) is 23.5 Å². The molecule has 7 rings (SSSR count). The Labute approximate surface area is 207 Å². The van der Waals surface area contributed by atoms with E-state index in [1.807, 2.05) is 0 Å². The molecule has 8 nitrogen and oxygen atoms in total. The smallest absolute Gasteiger partial charge is 0.417 e. The average Bonchev–Trinajstić information content (AvgIpc) is 3.60. The van der Waals surface area contributed by atoms with Crippen LogP contribution in [0.25, 0.3) is 11.4 Å². The van der Waals surface area contributed by atoms with Crippen molar-refractivity contribution in [1.82, 2.24) is 25.1 Å². The van der Waals surface area contributed by atoms with Crippen LogP contribution in [0.2, 0.25) is 0 Å². The summed E-state index contributed by atoms with van der Waals surface area (Å²) < 4.78 is 74.9. The maximum absolute atomic E-state index is 14.9. The van der Waals surface area contributed by atoms with Crippen molar-refractivity contribution < 1.29 is 31.2 Å². The third kappa shape index (κ3) is 4.00. The number of benzene rings is 1. The van der Waals surface area contributed by atoms with E-state index in [1.165, 1.54) is 0 Å². The summed E-state index contributed by atoms with van der Waals surface area (Å²) >= 11 is 0. The van der Waals surface area contributed by atoms with Gasteiger partial charge in [-0.3, -0.25) is 0 Å². The number of halogens is 5. The van der Waals surface area contributed by atoms with Crippen molar-refractivity contribution in [3.05, 3.63) is 53.5 Å². The Morgan fingerprint density at radius 2 is 1.84 bits per heavy atom. The third-order valence-electron chi connectivity index (χ3n) is 7.52. The van der Waals surface area contributed by atoms with Crippen molar-refractivity contribution in [2.75, 3.05) is 5.32 Å². The highest BCUT2D eigenvalue weighted by atomic mass is 19.4. The number of anilines is 1. The van der Waals surface area contributed by atoms with Gasteiger partial charge in [-0.2, -0.15) is 13.2 Å². The highest BCUT2D eigenvalue weighted by Crippen LogP contribution is 2.60. The molecule has 2 amide bonds. The quantitative estimate of drug-likeness (QED) is 0.460. The highest BCUT2D eigenvalue weighted by Gasteiger charge is 2.64. The summed E-state index contributed by atoms with van der Waals surface area (Å²) in [5.74, 6) is -0.967. The Morgan fingerprint density at radius 1 is 1.11 bits per heavy atom. The minimum atomic E-state index is -4.94.